The molecule has 0 aromatic rings. The van der Waals surface area contributed by atoms with E-state index in [1.54, 1.807) is 0 Å². The molecule has 100 valence electrons. The van der Waals surface area contributed by atoms with E-state index >= 15 is 0 Å². The van der Waals surface area contributed by atoms with Crippen molar-refractivity contribution in [3.05, 3.63) is 0 Å². The number of aliphatic hydroxyl groups excluding tert-OH is 1. The highest BCUT2D eigenvalue weighted by molar-refractivity contribution is 5.67. The van der Waals surface area contributed by atoms with E-state index in [-0.39, 0.29) is 18.1 Å². The highest BCUT2D eigenvalue weighted by Crippen LogP contribution is 2.21. The van der Waals surface area contributed by atoms with Crippen LogP contribution in [0.3, 0.4) is 0 Å². The summed E-state index contributed by atoms with van der Waals surface area (Å²) in [5, 5.41) is 12.5. The van der Waals surface area contributed by atoms with Crippen LogP contribution in [-0.2, 0) is 4.74 Å². The number of hydrogen-bond donors (Lipinski definition) is 2. The van der Waals surface area contributed by atoms with E-state index < -0.39 is 6.09 Å². The number of carbonyl (C=O) groups is 1. The summed E-state index contributed by atoms with van der Waals surface area (Å²) in [5.74, 6) is 0.202. The van der Waals surface area contributed by atoms with Crippen molar-refractivity contribution < 1.29 is 14.6 Å². The Morgan fingerprint density at radius 1 is 1.41 bits per heavy atom. The highest BCUT2D eigenvalue weighted by Gasteiger charge is 2.31. The fourth-order valence-electron chi connectivity index (χ4n) is 2.27. The van der Waals surface area contributed by atoms with E-state index in [2.05, 4.69) is 28.8 Å². The maximum absolute atomic E-state index is 11.2. The maximum atomic E-state index is 11.2. The third kappa shape index (κ3) is 4.16. The van der Waals surface area contributed by atoms with Crippen LogP contribution in [0.4, 0.5) is 4.79 Å². The molecule has 0 aliphatic carbocycles. The highest BCUT2D eigenvalue weighted by atomic mass is 16.5. The van der Waals surface area contributed by atoms with Crippen molar-refractivity contribution >= 4 is 6.09 Å². The van der Waals surface area contributed by atoms with E-state index in [0.29, 0.717) is 6.04 Å². The molecule has 1 heterocycles. The Kier molecular flexibility index (Phi) is 5.21. The Morgan fingerprint density at radius 2 is 2.06 bits per heavy atom. The number of aliphatic hydroxyl groups is 1. The maximum Gasteiger partial charge on any atom is 0.407 e. The Morgan fingerprint density at radius 3 is 2.53 bits per heavy atom. The van der Waals surface area contributed by atoms with Crippen LogP contribution in [0.25, 0.3) is 0 Å². The third-order valence-electron chi connectivity index (χ3n) is 3.43. The zero-order valence-electron chi connectivity index (χ0n) is 11.1. The molecule has 1 fully saturated rings. The van der Waals surface area contributed by atoms with Gasteiger partial charge in [-0.2, -0.15) is 0 Å². The smallest absolute Gasteiger partial charge is 0.407 e. The summed E-state index contributed by atoms with van der Waals surface area (Å²) in [4.78, 5) is 13.5. The first-order chi connectivity index (χ1) is 7.93. The number of likely N-dealkylation sites (tertiary alicyclic amines) is 1. The average molecular weight is 244 g/mol. The van der Waals surface area contributed by atoms with Gasteiger partial charge in [-0.1, -0.05) is 0 Å². The number of rotatable bonds is 3. The van der Waals surface area contributed by atoms with E-state index in [0.717, 1.165) is 19.5 Å². The third-order valence-corrected chi connectivity index (χ3v) is 3.43. The summed E-state index contributed by atoms with van der Waals surface area (Å²) >= 11 is 0. The first kappa shape index (κ1) is 14.3. The van der Waals surface area contributed by atoms with Crippen LogP contribution in [0.2, 0.25) is 0 Å². The summed E-state index contributed by atoms with van der Waals surface area (Å²) in [6.07, 6.45) is 0.0548. The van der Waals surface area contributed by atoms with Gasteiger partial charge >= 0.3 is 6.09 Å². The minimum Gasteiger partial charge on any atom is -0.453 e. The van der Waals surface area contributed by atoms with Crippen LogP contribution in [0, 0.1) is 5.92 Å². The van der Waals surface area contributed by atoms with E-state index in [9.17, 15) is 9.90 Å². The van der Waals surface area contributed by atoms with E-state index in [1.165, 1.54) is 7.11 Å². The number of alkyl carbamates (subject to hydrolysis) is 1. The second kappa shape index (κ2) is 6.21. The van der Waals surface area contributed by atoms with Crippen LogP contribution in [0.15, 0.2) is 0 Å². The van der Waals surface area contributed by atoms with Gasteiger partial charge in [-0.15, -0.1) is 0 Å². The predicted octanol–water partition coefficient (Wildman–Crippen LogP) is 0.822. The van der Waals surface area contributed by atoms with Crippen molar-refractivity contribution in [2.24, 2.45) is 5.92 Å². The summed E-state index contributed by atoms with van der Waals surface area (Å²) in [5.41, 5.74) is 0. The molecule has 1 saturated heterocycles. The van der Waals surface area contributed by atoms with Gasteiger partial charge in [-0.05, 0) is 33.1 Å². The molecular weight excluding hydrogens is 220 g/mol. The van der Waals surface area contributed by atoms with Gasteiger partial charge in [0.2, 0.25) is 0 Å². The summed E-state index contributed by atoms with van der Waals surface area (Å²) in [6, 6.07) is 0.469. The molecule has 1 aliphatic heterocycles. The summed E-state index contributed by atoms with van der Waals surface area (Å²) in [6.45, 7) is 7.76. The topological polar surface area (TPSA) is 61.8 Å². The number of nitrogens with zero attached hydrogens (tertiary/aromatic N) is 1. The fourth-order valence-corrected chi connectivity index (χ4v) is 2.27. The number of piperidine rings is 1. The molecule has 1 rings (SSSR count). The number of carbonyl (C=O) groups excluding carboxylic acids is 1. The first-order valence-electron chi connectivity index (χ1n) is 6.20. The molecule has 0 aromatic heterocycles. The van der Waals surface area contributed by atoms with Gasteiger partial charge < -0.3 is 15.2 Å². The summed E-state index contributed by atoms with van der Waals surface area (Å²) in [7, 11) is 1.37. The second-order valence-corrected chi connectivity index (χ2v) is 5.12. The standard InChI is InChI=1S/C12H24N2O3/c1-8(2)14-6-10(9(3)15)5-11(7-14)13-12(16)17-4/h8-11,15H,5-7H2,1-4H3,(H,13,16). The van der Waals surface area contributed by atoms with Crippen molar-refractivity contribution in [2.75, 3.05) is 20.2 Å². The van der Waals surface area contributed by atoms with Gasteiger partial charge in [0.15, 0.2) is 0 Å². The van der Waals surface area contributed by atoms with Crippen LogP contribution >= 0.6 is 0 Å². The Balaban J connectivity index is 2.61. The molecule has 0 aromatic carbocycles. The van der Waals surface area contributed by atoms with E-state index in [4.69, 9.17) is 0 Å². The zero-order chi connectivity index (χ0) is 13.0. The predicted molar refractivity (Wildman–Crippen MR) is 65.8 cm³/mol. The lowest BCUT2D eigenvalue weighted by Crippen LogP contribution is -2.54. The van der Waals surface area contributed by atoms with Gasteiger partial charge in [0.1, 0.15) is 0 Å². The minimum absolute atomic E-state index is 0.0539. The Bertz CT molecular complexity index is 240. The van der Waals surface area contributed by atoms with Crippen molar-refractivity contribution in [1.82, 2.24) is 10.2 Å². The molecular formula is C12H24N2O3. The SMILES string of the molecule is COC(=O)NC1CC(C(C)O)CN(C(C)C)C1. The Hall–Kier alpha value is -0.810. The number of ether oxygens (including phenoxy) is 1. The molecule has 3 atom stereocenters. The van der Waals surface area contributed by atoms with Gasteiger partial charge in [-0.25, -0.2) is 4.79 Å². The molecule has 0 saturated carbocycles. The molecule has 5 nitrogen and oxygen atoms in total. The second-order valence-electron chi connectivity index (χ2n) is 5.12. The summed E-state index contributed by atoms with van der Waals surface area (Å²) < 4.78 is 4.61. The van der Waals surface area contributed by atoms with Gasteiger partial charge in [0.25, 0.3) is 0 Å². The minimum atomic E-state index is -0.398. The van der Waals surface area contributed by atoms with Crippen LogP contribution < -0.4 is 5.32 Å². The molecule has 3 unspecified atom stereocenters. The van der Waals surface area contributed by atoms with Crippen LogP contribution in [0.5, 0.6) is 0 Å². The first-order valence-corrected chi connectivity index (χ1v) is 6.20. The van der Waals surface area contributed by atoms with Gasteiger partial charge in [0, 0.05) is 25.2 Å². The van der Waals surface area contributed by atoms with E-state index in [1.807, 2.05) is 6.92 Å². The number of nitrogens with one attached hydrogen (secondary N) is 1. The van der Waals surface area contributed by atoms with Crippen LogP contribution in [0.1, 0.15) is 27.2 Å². The number of amides is 1. The van der Waals surface area contributed by atoms with Crippen LogP contribution in [-0.4, -0.2) is 54.5 Å². The van der Waals surface area contributed by atoms with Gasteiger partial charge in [-0.3, -0.25) is 4.90 Å². The molecule has 5 heteroatoms. The fraction of sp³-hybridized carbons (Fsp3) is 0.917. The Labute approximate surface area is 103 Å². The number of hydrogen-bond acceptors (Lipinski definition) is 4. The molecule has 0 radical (unpaired) electrons. The average Bonchev–Trinajstić information content (AvgIpc) is 2.28. The molecule has 0 spiro atoms. The van der Waals surface area contributed by atoms with Crippen molar-refractivity contribution in [2.45, 2.75) is 45.4 Å². The van der Waals surface area contributed by atoms with Gasteiger partial charge in [0.05, 0.1) is 13.2 Å². The zero-order valence-corrected chi connectivity index (χ0v) is 11.1. The quantitative estimate of drug-likeness (QED) is 0.771. The number of methoxy groups -OCH3 is 1. The van der Waals surface area contributed by atoms with Crippen molar-refractivity contribution in [3.8, 4) is 0 Å². The van der Waals surface area contributed by atoms with Crippen molar-refractivity contribution in [1.29, 1.82) is 0 Å². The van der Waals surface area contributed by atoms with Crippen molar-refractivity contribution in [3.63, 3.8) is 0 Å². The molecule has 0 bridgehead atoms. The lowest BCUT2D eigenvalue weighted by Gasteiger charge is -2.41. The molecule has 17 heavy (non-hydrogen) atoms. The normalized spacial score (nSPS) is 27.9. The lowest BCUT2D eigenvalue weighted by atomic mass is 9.89. The lowest BCUT2D eigenvalue weighted by molar-refractivity contribution is 0.0350. The molecule has 2 N–H and O–H groups in total. The molecule has 1 amide bonds. The molecule has 1 aliphatic rings. The largest absolute Gasteiger partial charge is 0.453 e. The monoisotopic (exact) mass is 244 g/mol.